The van der Waals surface area contributed by atoms with Crippen LogP contribution in [-0.4, -0.2) is 79.3 Å². The van der Waals surface area contributed by atoms with Crippen molar-refractivity contribution in [3.63, 3.8) is 0 Å². The summed E-state index contributed by atoms with van der Waals surface area (Å²) in [7, 11) is 2.08. The van der Waals surface area contributed by atoms with Crippen LogP contribution in [0.3, 0.4) is 0 Å². The van der Waals surface area contributed by atoms with Crippen molar-refractivity contribution in [3.05, 3.63) is 65.5 Å². The van der Waals surface area contributed by atoms with Crippen molar-refractivity contribution in [1.29, 1.82) is 0 Å². The monoisotopic (exact) mass is 550 g/mol. The second-order valence-electron chi connectivity index (χ2n) is 10.6. The summed E-state index contributed by atoms with van der Waals surface area (Å²) in [6.07, 6.45) is 3.72. The van der Waals surface area contributed by atoms with Gasteiger partial charge in [-0.2, -0.15) is 0 Å². The molecule has 212 valence electrons. The number of rotatable bonds is 6. The second-order valence-corrected chi connectivity index (χ2v) is 10.6. The fourth-order valence-corrected chi connectivity index (χ4v) is 5.40. The van der Waals surface area contributed by atoms with Gasteiger partial charge in [-0.05, 0) is 63.2 Å². The van der Waals surface area contributed by atoms with Gasteiger partial charge in [0.1, 0.15) is 11.6 Å². The molecule has 0 bridgehead atoms. The lowest BCUT2D eigenvalue weighted by Crippen LogP contribution is -2.55. The zero-order valence-corrected chi connectivity index (χ0v) is 23.5. The topological polar surface area (TPSA) is 73.8 Å². The van der Waals surface area contributed by atoms with Gasteiger partial charge in [-0.25, -0.2) is 18.7 Å². The van der Waals surface area contributed by atoms with Crippen molar-refractivity contribution >= 4 is 23.2 Å². The van der Waals surface area contributed by atoms with E-state index in [1.165, 1.54) is 24.3 Å². The average molecular weight is 551 g/mol. The molecule has 0 radical (unpaired) electrons. The Kier molecular flexibility index (Phi) is 8.27. The van der Waals surface area contributed by atoms with E-state index < -0.39 is 5.82 Å². The van der Waals surface area contributed by atoms with Crippen LogP contribution < -0.4 is 15.1 Å². The molecule has 1 aromatic heterocycles. The molecule has 0 spiro atoms. The number of nitrogens with one attached hydrogen (secondary N) is 1. The van der Waals surface area contributed by atoms with Crippen LogP contribution in [0.2, 0.25) is 0 Å². The van der Waals surface area contributed by atoms with E-state index in [-0.39, 0.29) is 29.4 Å². The first kappa shape index (κ1) is 27.9. The maximum absolute atomic E-state index is 15.7. The Balaban J connectivity index is 1.52. The molecule has 5 rings (SSSR count). The van der Waals surface area contributed by atoms with Crippen LogP contribution in [-0.2, 0) is 11.2 Å². The van der Waals surface area contributed by atoms with Gasteiger partial charge >= 0.3 is 0 Å². The first-order valence-electron chi connectivity index (χ1n) is 13.8. The number of hydrogen-bond acceptors (Lipinski definition) is 7. The van der Waals surface area contributed by atoms with Gasteiger partial charge in [-0.1, -0.05) is 6.92 Å². The molecule has 2 aromatic carbocycles. The lowest BCUT2D eigenvalue weighted by atomic mass is 10.0. The third-order valence-electron chi connectivity index (χ3n) is 7.97. The molecule has 2 aliphatic heterocycles. The third-order valence-corrected chi connectivity index (χ3v) is 7.97. The number of piperazine rings is 1. The average Bonchev–Trinajstić information content (AvgIpc) is 2.96. The van der Waals surface area contributed by atoms with Crippen molar-refractivity contribution in [2.45, 2.75) is 39.3 Å². The van der Waals surface area contributed by atoms with Gasteiger partial charge in [0, 0.05) is 67.3 Å². The minimum absolute atomic E-state index is 0.236. The third kappa shape index (κ3) is 5.78. The van der Waals surface area contributed by atoms with E-state index in [0.29, 0.717) is 79.8 Å². The summed E-state index contributed by atoms with van der Waals surface area (Å²) in [5.41, 5.74) is 2.88. The van der Waals surface area contributed by atoms with Crippen molar-refractivity contribution in [2.24, 2.45) is 0 Å². The molecule has 0 aliphatic carbocycles. The second kappa shape index (κ2) is 11.9. The van der Waals surface area contributed by atoms with Crippen molar-refractivity contribution in [1.82, 2.24) is 14.9 Å². The number of ether oxygens (including phenoxy) is 1. The SMILES string of the molecule is CCc1cc(F)ccc1C(=O)Nc1cc(-c2cnc(N3CCOCC3)nc2)c(F)cc1N1C[C@@H](C)N(C)[C@@H](C)C1. The number of hydrogen-bond donors (Lipinski definition) is 1. The molecule has 8 nitrogen and oxygen atoms in total. The number of anilines is 3. The lowest BCUT2D eigenvalue weighted by Gasteiger charge is -2.44. The van der Waals surface area contributed by atoms with Crippen molar-refractivity contribution < 1.29 is 18.3 Å². The van der Waals surface area contributed by atoms with Crippen LogP contribution >= 0.6 is 0 Å². The Bertz CT molecular complexity index is 1350. The predicted octanol–water partition coefficient (Wildman–Crippen LogP) is 4.60. The molecular weight excluding hydrogens is 514 g/mol. The number of amides is 1. The van der Waals surface area contributed by atoms with E-state index in [9.17, 15) is 9.18 Å². The van der Waals surface area contributed by atoms with Gasteiger partial charge in [-0.15, -0.1) is 0 Å². The fourth-order valence-electron chi connectivity index (χ4n) is 5.40. The number of likely N-dealkylation sites (N-methyl/N-ethyl adjacent to an activating group) is 1. The van der Waals surface area contributed by atoms with Gasteiger partial charge < -0.3 is 19.9 Å². The molecule has 2 aliphatic rings. The minimum atomic E-state index is -0.425. The standard InChI is InChI=1S/C30H36F2N6O2/c1-5-21-12-23(31)6-7-24(21)29(39)35-27-13-25(22-15-33-30(34-16-22)37-8-10-40-11-9-37)26(32)14-28(27)38-17-19(2)36(4)20(3)18-38/h6-7,12-16,19-20H,5,8-11,17-18H2,1-4H3,(H,35,39)/t19-,20+. The van der Waals surface area contributed by atoms with E-state index in [1.54, 1.807) is 18.5 Å². The summed E-state index contributed by atoms with van der Waals surface area (Å²) in [6.45, 7) is 10.1. The van der Waals surface area contributed by atoms with Gasteiger partial charge in [0.2, 0.25) is 5.95 Å². The number of halogens is 2. The highest BCUT2D eigenvalue weighted by Gasteiger charge is 2.29. The maximum Gasteiger partial charge on any atom is 0.256 e. The Morgan fingerprint density at radius 2 is 1.70 bits per heavy atom. The molecule has 10 heteroatoms. The molecule has 2 atom stereocenters. The molecule has 2 fully saturated rings. The molecule has 0 saturated carbocycles. The number of benzene rings is 2. The number of nitrogens with zero attached hydrogens (tertiary/aromatic N) is 5. The fraction of sp³-hybridized carbons (Fsp3) is 0.433. The van der Waals surface area contributed by atoms with Crippen LogP contribution in [0.5, 0.6) is 0 Å². The minimum Gasteiger partial charge on any atom is -0.378 e. The van der Waals surface area contributed by atoms with E-state index in [2.05, 4.69) is 46.0 Å². The summed E-state index contributed by atoms with van der Waals surface area (Å²) in [5, 5.41) is 3.01. The van der Waals surface area contributed by atoms with Crippen LogP contribution in [0.25, 0.3) is 11.1 Å². The van der Waals surface area contributed by atoms with Gasteiger partial charge in [0.15, 0.2) is 0 Å². The summed E-state index contributed by atoms with van der Waals surface area (Å²) < 4.78 is 35.0. The molecule has 3 heterocycles. The first-order chi connectivity index (χ1) is 19.2. The quantitative estimate of drug-likeness (QED) is 0.481. The summed E-state index contributed by atoms with van der Waals surface area (Å²) in [6, 6.07) is 7.76. The molecule has 40 heavy (non-hydrogen) atoms. The van der Waals surface area contributed by atoms with E-state index >= 15 is 4.39 Å². The molecule has 2 saturated heterocycles. The Labute approximate surface area is 234 Å². The maximum atomic E-state index is 15.7. The van der Waals surface area contributed by atoms with Crippen LogP contribution in [0.15, 0.2) is 42.7 Å². The smallest absolute Gasteiger partial charge is 0.256 e. The number of aromatic nitrogens is 2. The summed E-state index contributed by atoms with van der Waals surface area (Å²) >= 11 is 0. The summed E-state index contributed by atoms with van der Waals surface area (Å²) in [5.74, 6) is -0.615. The number of aryl methyl sites for hydroxylation is 1. The highest BCUT2D eigenvalue weighted by Crippen LogP contribution is 2.36. The Morgan fingerprint density at radius 1 is 1.02 bits per heavy atom. The number of morpholine rings is 1. The van der Waals surface area contributed by atoms with E-state index in [0.717, 1.165) is 0 Å². The van der Waals surface area contributed by atoms with Gasteiger partial charge in [0.05, 0.1) is 24.6 Å². The normalized spacial score (nSPS) is 20.1. The number of carbonyl (C=O) groups is 1. The lowest BCUT2D eigenvalue weighted by molar-refractivity contribution is 0.102. The van der Waals surface area contributed by atoms with Crippen LogP contribution in [0.1, 0.15) is 36.7 Å². The molecular formula is C30H36F2N6O2. The van der Waals surface area contributed by atoms with Crippen LogP contribution in [0, 0.1) is 11.6 Å². The van der Waals surface area contributed by atoms with Crippen molar-refractivity contribution in [3.8, 4) is 11.1 Å². The number of carbonyl (C=O) groups excluding carboxylic acids is 1. The molecule has 1 amide bonds. The molecule has 0 unspecified atom stereocenters. The zero-order valence-electron chi connectivity index (χ0n) is 23.5. The largest absolute Gasteiger partial charge is 0.378 e. The zero-order chi connectivity index (χ0) is 28.4. The van der Waals surface area contributed by atoms with Gasteiger partial charge in [0.25, 0.3) is 5.91 Å². The molecule has 1 N–H and O–H groups in total. The van der Waals surface area contributed by atoms with E-state index in [1.807, 2.05) is 11.8 Å². The predicted molar refractivity (Wildman–Crippen MR) is 153 cm³/mol. The van der Waals surface area contributed by atoms with Crippen LogP contribution in [0.4, 0.5) is 26.1 Å². The molecule has 3 aromatic rings. The highest BCUT2D eigenvalue weighted by atomic mass is 19.1. The van der Waals surface area contributed by atoms with Crippen molar-refractivity contribution in [2.75, 3.05) is 61.6 Å². The summed E-state index contributed by atoms with van der Waals surface area (Å²) in [4.78, 5) is 28.9. The Morgan fingerprint density at radius 3 is 2.35 bits per heavy atom. The van der Waals surface area contributed by atoms with E-state index in [4.69, 9.17) is 4.74 Å². The highest BCUT2D eigenvalue weighted by molar-refractivity contribution is 6.07. The Hall–Kier alpha value is -3.63. The van der Waals surface area contributed by atoms with Gasteiger partial charge in [-0.3, -0.25) is 9.69 Å². The first-order valence-corrected chi connectivity index (χ1v) is 13.8.